The van der Waals surface area contributed by atoms with Gasteiger partial charge in [0.25, 0.3) is 0 Å². The van der Waals surface area contributed by atoms with E-state index in [4.69, 9.17) is 18.0 Å². The Bertz CT molecular complexity index is 524. The van der Waals surface area contributed by atoms with Crippen molar-refractivity contribution in [3.05, 3.63) is 0 Å². The molecular weight excluding hydrogens is 264 g/mol. The fourth-order valence-electron chi connectivity index (χ4n) is 1.56. The van der Waals surface area contributed by atoms with Crippen LogP contribution in [0.15, 0.2) is 0 Å². The number of aromatic amines is 1. The third kappa shape index (κ3) is 3.27. The van der Waals surface area contributed by atoms with Gasteiger partial charge < -0.3 is 11.1 Å². The minimum atomic E-state index is -2.92. The number of hydrogen-bond acceptors (Lipinski definition) is 6. The quantitative estimate of drug-likeness (QED) is 0.499. The number of nitrogen functional groups attached to an aromatic ring is 1. The largest absolute Gasteiger partial charge is 0.368 e. The van der Waals surface area contributed by atoms with Crippen LogP contribution in [-0.2, 0) is 9.84 Å². The molecule has 1 aliphatic rings. The van der Waals surface area contributed by atoms with Crippen LogP contribution in [0.1, 0.15) is 6.42 Å². The number of sulfone groups is 1. The first-order valence-corrected chi connectivity index (χ1v) is 7.13. The molecule has 1 atom stereocenters. The van der Waals surface area contributed by atoms with Crippen LogP contribution < -0.4 is 16.4 Å². The highest BCUT2D eigenvalue weighted by Gasteiger charge is 2.28. The van der Waals surface area contributed by atoms with Crippen molar-refractivity contribution in [3.63, 3.8) is 0 Å². The van der Waals surface area contributed by atoms with Gasteiger partial charge in [-0.2, -0.15) is 4.98 Å². The van der Waals surface area contributed by atoms with Gasteiger partial charge in [0.1, 0.15) is 0 Å². The third-order valence-electron chi connectivity index (χ3n) is 2.30. The Labute approximate surface area is 103 Å². The Morgan fingerprint density at radius 3 is 2.88 bits per heavy atom. The van der Waals surface area contributed by atoms with Gasteiger partial charge in [-0.1, -0.05) is 0 Å². The molecule has 0 radical (unpaired) electrons. The average molecular weight is 276 g/mol. The second kappa shape index (κ2) is 4.45. The topological polar surface area (TPSA) is 126 Å². The summed E-state index contributed by atoms with van der Waals surface area (Å²) in [6, 6.07) is -0.156. The third-order valence-corrected chi connectivity index (χ3v) is 4.28. The fraction of sp³-hybridized carbons (Fsp3) is 0.571. The molecule has 2 heterocycles. The summed E-state index contributed by atoms with van der Waals surface area (Å²) in [5.74, 6) is 0.728. The SMILES string of the molecule is Nc1nc(NC(=S)N[C@H]2CCS(=O)(=O)C2)n[nH]1. The van der Waals surface area contributed by atoms with E-state index in [0.717, 1.165) is 0 Å². The molecule has 2 rings (SSSR count). The summed E-state index contributed by atoms with van der Waals surface area (Å²) in [5, 5.41) is 12.1. The van der Waals surface area contributed by atoms with Gasteiger partial charge in [0.15, 0.2) is 14.9 Å². The zero-order valence-electron chi connectivity index (χ0n) is 8.80. The lowest BCUT2D eigenvalue weighted by Crippen LogP contribution is -2.38. The van der Waals surface area contributed by atoms with Gasteiger partial charge in [0.2, 0.25) is 11.9 Å². The van der Waals surface area contributed by atoms with E-state index < -0.39 is 9.84 Å². The monoisotopic (exact) mass is 276 g/mol. The normalized spacial score (nSPS) is 22.2. The number of aromatic nitrogens is 3. The van der Waals surface area contributed by atoms with Crippen molar-refractivity contribution in [1.29, 1.82) is 0 Å². The lowest BCUT2D eigenvalue weighted by Gasteiger charge is -2.12. The van der Waals surface area contributed by atoms with Crippen LogP contribution in [0.25, 0.3) is 0 Å². The molecule has 1 saturated heterocycles. The first kappa shape index (κ1) is 12.0. The van der Waals surface area contributed by atoms with E-state index >= 15 is 0 Å². The molecule has 8 nitrogen and oxygen atoms in total. The van der Waals surface area contributed by atoms with Crippen LogP contribution in [0, 0.1) is 0 Å². The Morgan fingerprint density at radius 1 is 1.59 bits per heavy atom. The highest BCUT2D eigenvalue weighted by molar-refractivity contribution is 7.91. The smallest absolute Gasteiger partial charge is 0.249 e. The van der Waals surface area contributed by atoms with Crippen LogP contribution in [0.2, 0.25) is 0 Å². The molecule has 0 aliphatic carbocycles. The number of nitrogens with one attached hydrogen (secondary N) is 3. The van der Waals surface area contributed by atoms with Gasteiger partial charge >= 0.3 is 0 Å². The molecule has 1 aliphatic heterocycles. The van der Waals surface area contributed by atoms with Crippen molar-refractivity contribution < 1.29 is 8.42 Å². The molecule has 0 aromatic carbocycles. The average Bonchev–Trinajstić information content (AvgIpc) is 2.73. The van der Waals surface area contributed by atoms with Crippen molar-refractivity contribution in [2.75, 3.05) is 22.6 Å². The molecule has 0 spiro atoms. The van der Waals surface area contributed by atoms with Crippen molar-refractivity contribution in [1.82, 2.24) is 20.5 Å². The van der Waals surface area contributed by atoms with Crippen molar-refractivity contribution in [2.24, 2.45) is 0 Å². The number of rotatable bonds is 2. The van der Waals surface area contributed by atoms with Gasteiger partial charge in [-0.25, -0.2) is 13.5 Å². The molecule has 0 bridgehead atoms. The van der Waals surface area contributed by atoms with Gasteiger partial charge in [-0.15, -0.1) is 5.10 Å². The van der Waals surface area contributed by atoms with E-state index in [1.807, 2.05) is 0 Å². The predicted octanol–water partition coefficient (Wildman–Crippen LogP) is -1.14. The van der Waals surface area contributed by atoms with E-state index in [1.165, 1.54) is 0 Å². The van der Waals surface area contributed by atoms with Crippen molar-refractivity contribution in [3.8, 4) is 0 Å². The number of nitrogens with zero attached hydrogens (tertiary/aromatic N) is 2. The number of anilines is 2. The summed E-state index contributed by atoms with van der Waals surface area (Å²) >= 11 is 5.01. The van der Waals surface area contributed by atoms with Crippen LogP contribution in [0.4, 0.5) is 11.9 Å². The van der Waals surface area contributed by atoms with Crippen LogP contribution >= 0.6 is 12.2 Å². The Hall–Kier alpha value is -1.42. The van der Waals surface area contributed by atoms with Crippen LogP contribution in [0.3, 0.4) is 0 Å². The molecule has 1 aromatic heterocycles. The van der Waals surface area contributed by atoms with Gasteiger partial charge in [-0.05, 0) is 18.6 Å². The summed E-state index contributed by atoms with van der Waals surface area (Å²) in [5.41, 5.74) is 5.34. The zero-order chi connectivity index (χ0) is 12.5. The molecule has 94 valence electrons. The molecule has 0 saturated carbocycles. The van der Waals surface area contributed by atoms with Crippen molar-refractivity contribution in [2.45, 2.75) is 12.5 Å². The van der Waals surface area contributed by atoms with E-state index in [1.54, 1.807) is 0 Å². The minimum Gasteiger partial charge on any atom is -0.368 e. The lowest BCUT2D eigenvalue weighted by molar-refractivity contribution is 0.600. The highest BCUT2D eigenvalue weighted by atomic mass is 32.2. The Morgan fingerprint density at radius 2 is 2.35 bits per heavy atom. The summed E-state index contributed by atoms with van der Waals surface area (Å²) in [6.07, 6.45) is 0.556. The van der Waals surface area contributed by atoms with Crippen LogP contribution in [-0.4, -0.2) is 46.3 Å². The fourth-order valence-corrected chi connectivity index (χ4v) is 3.49. The molecule has 0 amide bonds. The van der Waals surface area contributed by atoms with Gasteiger partial charge in [0.05, 0.1) is 11.5 Å². The highest BCUT2D eigenvalue weighted by Crippen LogP contribution is 2.11. The van der Waals surface area contributed by atoms with Gasteiger partial charge in [0, 0.05) is 6.04 Å². The molecule has 1 aromatic rings. The van der Waals surface area contributed by atoms with Crippen molar-refractivity contribution >= 4 is 39.1 Å². The molecule has 5 N–H and O–H groups in total. The molecule has 17 heavy (non-hydrogen) atoms. The van der Waals surface area contributed by atoms with E-state index in [0.29, 0.717) is 6.42 Å². The summed E-state index contributed by atoms with van der Waals surface area (Å²) in [7, 11) is -2.92. The molecule has 1 fully saturated rings. The van der Waals surface area contributed by atoms with E-state index in [9.17, 15) is 8.42 Å². The zero-order valence-corrected chi connectivity index (χ0v) is 10.4. The second-order valence-electron chi connectivity index (χ2n) is 3.74. The summed E-state index contributed by atoms with van der Waals surface area (Å²) in [4.78, 5) is 3.81. The maximum absolute atomic E-state index is 11.2. The van der Waals surface area contributed by atoms with E-state index in [2.05, 4.69) is 25.8 Å². The van der Waals surface area contributed by atoms with E-state index in [-0.39, 0.29) is 34.6 Å². The first-order chi connectivity index (χ1) is 7.94. The first-order valence-electron chi connectivity index (χ1n) is 4.90. The maximum Gasteiger partial charge on any atom is 0.249 e. The summed E-state index contributed by atoms with van der Waals surface area (Å²) < 4.78 is 22.5. The number of H-pyrrole nitrogens is 1. The van der Waals surface area contributed by atoms with Gasteiger partial charge in [-0.3, -0.25) is 5.32 Å². The second-order valence-corrected chi connectivity index (χ2v) is 6.38. The number of thiocarbonyl (C=S) groups is 1. The number of hydrogen-bond donors (Lipinski definition) is 4. The lowest BCUT2D eigenvalue weighted by atomic mass is 10.3. The molecule has 0 unspecified atom stereocenters. The maximum atomic E-state index is 11.2. The molecular formula is C7H12N6O2S2. The summed E-state index contributed by atoms with van der Waals surface area (Å²) in [6.45, 7) is 0. The van der Waals surface area contributed by atoms with Crippen LogP contribution in [0.5, 0.6) is 0 Å². The Kier molecular flexibility index (Phi) is 3.15. The minimum absolute atomic E-state index is 0.102. The Balaban J connectivity index is 1.86. The predicted molar refractivity (Wildman–Crippen MR) is 67.2 cm³/mol. The molecule has 10 heteroatoms. The number of nitrogens with two attached hydrogens (primary N) is 1. The standard InChI is InChI=1S/C7H12N6O2S2/c8-5-10-6(13-12-5)11-7(16)9-4-1-2-17(14,15)3-4/h4H,1-3H2,(H5,8,9,10,11,12,13,16)/t4-/m0/s1.